The van der Waals surface area contributed by atoms with Gasteiger partial charge in [-0.05, 0) is 33.3 Å². The van der Waals surface area contributed by atoms with Gasteiger partial charge >= 0.3 is 6.09 Å². The summed E-state index contributed by atoms with van der Waals surface area (Å²) in [4.78, 5) is 14.1. The minimum atomic E-state index is -1.18. The molecule has 8 nitrogen and oxygen atoms in total. The van der Waals surface area contributed by atoms with E-state index in [1.807, 2.05) is 62.7 Å². The molecule has 0 fully saturated rings. The third-order valence-electron chi connectivity index (χ3n) is 4.31. The molecule has 0 saturated heterocycles. The van der Waals surface area contributed by atoms with E-state index < -0.39 is 12.0 Å². The molecule has 0 aliphatic carbocycles. The van der Waals surface area contributed by atoms with Gasteiger partial charge in [-0.25, -0.2) is 4.79 Å². The molecule has 1 aromatic heterocycles. The van der Waals surface area contributed by atoms with E-state index in [9.17, 15) is 9.90 Å². The van der Waals surface area contributed by atoms with Gasteiger partial charge in [0.2, 0.25) is 6.41 Å². The van der Waals surface area contributed by atoms with Gasteiger partial charge in [-0.2, -0.15) is 5.10 Å². The normalized spacial score (nSPS) is 17.8. The molecule has 2 unspecified atom stereocenters. The van der Waals surface area contributed by atoms with E-state index in [0.717, 1.165) is 11.3 Å². The number of nitrogens with one attached hydrogen (secondary N) is 1. The van der Waals surface area contributed by atoms with Crippen LogP contribution in [0.1, 0.15) is 39.0 Å². The second-order valence-corrected chi connectivity index (χ2v) is 7.95. The summed E-state index contributed by atoms with van der Waals surface area (Å²) in [6.07, 6.45) is -1.52. The lowest BCUT2D eigenvalue weighted by molar-refractivity contribution is -0.0874. The number of fused-ring (bicyclic) bond motifs is 1. The first kappa shape index (κ1) is 20.2. The third-order valence-corrected chi connectivity index (χ3v) is 4.31. The molecule has 1 aliphatic heterocycles. The number of hydrogen-bond donors (Lipinski definition) is 2. The van der Waals surface area contributed by atoms with Crippen molar-refractivity contribution in [3.8, 4) is 0 Å². The number of carbonyl (C=O) groups excluding carboxylic acids is 1. The zero-order valence-electron chi connectivity index (χ0n) is 16.8. The number of amides is 1. The van der Waals surface area contributed by atoms with Crippen LogP contribution in [0.4, 0.5) is 10.6 Å². The summed E-state index contributed by atoms with van der Waals surface area (Å²) in [7, 11) is 0. The number of aromatic nitrogens is 2. The van der Waals surface area contributed by atoms with Gasteiger partial charge in [-0.15, -0.1) is 0 Å². The first-order chi connectivity index (χ1) is 13.2. The standard InChI is InChI=1S/C20H28N4O4/c1-14-11-24-16(12-23(14)19(26)28-20(2,3)4)10-17(22-24)21-18(25)27-13-15-8-6-5-7-9-15/h5-10,14,18,25H,11-13H2,1-4H3,(H,21,22). The van der Waals surface area contributed by atoms with Crippen LogP contribution in [0.25, 0.3) is 0 Å². The predicted octanol–water partition coefficient (Wildman–Crippen LogP) is 2.93. The van der Waals surface area contributed by atoms with Crippen molar-refractivity contribution < 1.29 is 19.4 Å². The van der Waals surface area contributed by atoms with Gasteiger partial charge in [0.25, 0.3) is 0 Å². The van der Waals surface area contributed by atoms with E-state index in [1.165, 1.54) is 0 Å². The Hall–Kier alpha value is -2.58. The van der Waals surface area contributed by atoms with Crippen molar-refractivity contribution in [3.05, 3.63) is 47.7 Å². The summed E-state index contributed by atoms with van der Waals surface area (Å²) in [5.41, 5.74) is 1.29. The highest BCUT2D eigenvalue weighted by atomic mass is 16.6. The summed E-state index contributed by atoms with van der Waals surface area (Å²) >= 11 is 0. The molecule has 0 saturated carbocycles. The Morgan fingerprint density at radius 1 is 1.36 bits per heavy atom. The van der Waals surface area contributed by atoms with Crippen molar-refractivity contribution in [2.24, 2.45) is 0 Å². The molecule has 152 valence electrons. The van der Waals surface area contributed by atoms with E-state index in [4.69, 9.17) is 9.47 Å². The van der Waals surface area contributed by atoms with E-state index in [1.54, 1.807) is 11.0 Å². The summed E-state index contributed by atoms with van der Waals surface area (Å²) in [5, 5.41) is 17.4. The van der Waals surface area contributed by atoms with Crippen molar-refractivity contribution in [3.63, 3.8) is 0 Å². The average Bonchev–Trinajstić information content (AvgIpc) is 2.99. The van der Waals surface area contributed by atoms with Crippen LogP contribution in [-0.4, -0.2) is 43.9 Å². The molecule has 1 aliphatic rings. The van der Waals surface area contributed by atoms with Gasteiger partial charge in [0.15, 0.2) is 5.82 Å². The number of anilines is 1. The molecule has 0 spiro atoms. The first-order valence-electron chi connectivity index (χ1n) is 9.38. The SMILES string of the molecule is CC1Cn2nc(NC(O)OCc3ccccc3)cc2CN1C(=O)OC(C)(C)C. The van der Waals surface area contributed by atoms with Crippen LogP contribution in [0, 0.1) is 0 Å². The number of benzene rings is 1. The van der Waals surface area contributed by atoms with E-state index >= 15 is 0 Å². The second kappa shape index (κ2) is 8.20. The lowest BCUT2D eigenvalue weighted by atomic mass is 10.2. The van der Waals surface area contributed by atoms with Crippen LogP contribution < -0.4 is 5.32 Å². The average molecular weight is 388 g/mol. The zero-order valence-corrected chi connectivity index (χ0v) is 16.8. The van der Waals surface area contributed by atoms with E-state index in [2.05, 4.69) is 10.4 Å². The fourth-order valence-corrected chi connectivity index (χ4v) is 2.97. The van der Waals surface area contributed by atoms with Crippen molar-refractivity contribution in [2.45, 2.75) is 65.4 Å². The van der Waals surface area contributed by atoms with Crippen LogP contribution in [0.15, 0.2) is 36.4 Å². The Morgan fingerprint density at radius 3 is 2.75 bits per heavy atom. The fourth-order valence-electron chi connectivity index (χ4n) is 2.97. The number of hydrogen-bond acceptors (Lipinski definition) is 6. The Kier molecular flexibility index (Phi) is 5.90. The van der Waals surface area contributed by atoms with Gasteiger partial charge in [0, 0.05) is 6.07 Å². The molecular weight excluding hydrogens is 360 g/mol. The maximum absolute atomic E-state index is 12.4. The van der Waals surface area contributed by atoms with Gasteiger partial charge < -0.3 is 19.9 Å². The zero-order chi connectivity index (χ0) is 20.3. The maximum atomic E-state index is 12.4. The molecule has 0 radical (unpaired) electrons. The smallest absolute Gasteiger partial charge is 0.410 e. The number of ether oxygens (including phenoxy) is 2. The largest absolute Gasteiger partial charge is 0.444 e. The van der Waals surface area contributed by atoms with Gasteiger partial charge in [0.05, 0.1) is 31.4 Å². The van der Waals surface area contributed by atoms with Crippen LogP contribution in [0.3, 0.4) is 0 Å². The summed E-state index contributed by atoms with van der Waals surface area (Å²) in [6.45, 7) is 8.74. The Labute approximate surface area is 165 Å². The molecule has 2 N–H and O–H groups in total. The lowest BCUT2D eigenvalue weighted by Gasteiger charge is -2.35. The number of rotatable bonds is 5. The van der Waals surface area contributed by atoms with Crippen molar-refractivity contribution >= 4 is 11.9 Å². The van der Waals surface area contributed by atoms with Crippen LogP contribution in [-0.2, 0) is 29.2 Å². The van der Waals surface area contributed by atoms with E-state index in [0.29, 0.717) is 18.9 Å². The quantitative estimate of drug-likeness (QED) is 0.766. The summed E-state index contributed by atoms with van der Waals surface area (Å²) < 4.78 is 12.7. The summed E-state index contributed by atoms with van der Waals surface area (Å²) in [5.74, 6) is 0.494. The minimum Gasteiger partial charge on any atom is -0.444 e. The van der Waals surface area contributed by atoms with Crippen molar-refractivity contribution in [2.75, 3.05) is 5.32 Å². The Bertz CT molecular complexity index is 800. The van der Waals surface area contributed by atoms with Crippen LogP contribution in [0.2, 0.25) is 0 Å². The molecule has 8 heteroatoms. The lowest BCUT2D eigenvalue weighted by Crippen LogP contribution is -2.46. The Balaban J connectivity index is 1.59. The predicted molar refractivity (Wildman–Crippen MR) is 104 cm³/mol. The van der Waals surface area contributed by atoms with E-state index in [-0.39, 0.29) is 18.7 Å². The third kappa shape index (κ3) is 5.24. The molecule has 3 rings (SSSR count). The highest BCUT2D eigenvalue weighted by Gasteiger charge is 2.31. The fraction of sp³-hybridized carbons (Fsp3) is 0.500. The molecular formula is C20H28N4O4. The number of nitrogens with zero attached hydrogens (tertiary/aromatic N) is 3. The summed E-state index contributed by atoms with van der Waals surface area (Å²) in [6, 6.07) is 11.4. The van der Waals surface area contributed by atoms with Crippen molar-refractivity contribution in [1.82, 2.24) is 14.7 Å². The number of aliphatic hydroxyl groups excluding tert-OH is 1. The van der Waals surface area contributed by atoms with Crippen LogP contribution >= 0.6 is 0 Å². The Morgan fingerprint density at radius 2 is 2.07 bits per heavy atom. The molecule has 0 bridgehead atoms. The molecule has 2 heterocycles. The number of carbonyl (C=O) groups is 1. The highest BCUT2D eigenvalue weighted by Crippen LogP contribution is 2.23. The second-order valence-electron chi connectivity index (χ2n) is 7.95. The monoisotopic (exact) mass is 388 g/mol. The molecule has 2 atom stereocenters. The molecule has 1 aromatic carbocycles. The minimum absolute atomic E-state index is 0.0469. The molecule has 2 aromatic rings. The topological polar surface area (TPSA) is 88.9 Å². The van der Waals surface area contributed by atoms with Gasteiger partial charge in [-0.1, -0.05) is 30.3 Å². The van der Waals surface area contributed by atoms with Gasteiger partial charge in [-0.3, -0.25) is 9.58 Å². The molecule has 28 heavy (non-hydrogen) atoms. The number of aliphatic hydroxyl groups is 1. The van der Waals surface area contributed by atoms with Gasteiger partial charge in [0.1, 0.15) is 5.60 Å². The highest BCUT2D eigenvalue weighted by molar-refractivity contribution is 5.68. The first-order valence-corrected chi connectivity index (χ1v) is 9.38. The maximum Gasteiger partial charge on any atom is 0.410 e. The van der Waals surface area contributed by atoms with Crippen molar-refractivity contribution in [1.29, 1.82) is 0 Å². The van der Waals surface area contributed by atoms with Crippen LogP contribution in [0.5, 0.6) is 0 Å². The molecule has 1 amide bonds.